The maximum atomic E-state index is 11.6. The Balaban J connectivity index is 1.59. The Bertz CT molecular complexity index is 612. The minimum atomic E-state index is -0.0821. The highest BCUT2D eigenvalue weighted by molar-refractivity contribution is 5.73. The Morgan fingerprint density at radius 3 is 2.92 bits per heavy atom. The van der Waals surface area contributed by atoms with Crippen LogP contribution in [0.3, 0.4) is 0 Å². The van der Waals surface area contributed by atoms with Gasteiger partial charge in [-0.25, -0.2) is 0 Å². The van der Waals surface area contributed by atoms with Gasteiger partial charge in [-0.1, -0.05) is 25.5 Å². The monoisotopic (exact) mass is 330 g/mol. The van der Waals surface area contributed by atoms with E-state index in [1.165, 1.54) is 11.1 Å². The van der Waals surface area contributed by atoms with Crippen molar-refractivity contribution in [3.8, 4) is 5.75 Å². The van der Waals surface area contributed by atoms with Gasteiger partial charge in [0, 0.05) is 39.0 Å². The molecule has 0 spiro atoms. The van der Waals surface area contributed by atoms with Gasteiger partial charge in [0.2, 0.25) is 5.91 Å². The molecule has 2 heterocycles. The number of fused-ring (bicyclic) bond motifs is 1. The molecule has 132 valence electrons. The number of benzene rings is 1. The maximum absolute atomic E-state index is 11.6. The number of likely N-dealkylation sites (tertiary alicyclic amines) is 1. The lowest BCUT2D eigenvalue weighted by molar-refractivity contribution is -0.131. The number of amides is 1. The first-order valence-corrected chi connectivity index (χ1v) is 9.17. The predicted octanol–water partition coefficient (Wildman–Crippen LogP) is 3.14. The number of carbonyl (C=O) groups excluding carboxylic acids is 1. The van der Waals surface area contributed by atoms with E-state index in [1.807, 2.05) is 4.90 Å². The van der Waals surface area contributed by atoms with Crippen LogP contribution in [0.2, 0.25) is 0 Å². The fourth-order valence-corrected chi connectivity index (χ4v) is 4.02. The predicted molar refractivity (Wildman–Crippen MR) is 96.1 cm³/mol. The Kier molecular flexibility index (Phi) is 4.86. The average molecular weight is 330 g/mol. The minimum absolute atomic E-state index is 0.0821. The second kappa shape index (κ2) is 6.75. The van der Waals surface area contributed by atoms with E-state index in [1.54, 1.807) is 6.92 Å². The molecular formula is C20H30N2O2. The van der Waals surface area contributed by atoms with E-state index in [4.69, 9.17) is 4.74 Å². The summed E-state index contributed by atoms with van der Waals surface area (Å²) in [6, 6.07) is 7.05. The molecule has 1 N–H and O–H groups in total. The van der Waals surface area contributed by atoms with Gasteiger partial charge in [0.15, 0.2) is 0 Å². The lowest BCUT2D eigenvalue weighted by Gasteiger charge is -2.38. The normalized spacial score (nSPS) is 25.2. The number of nitrogens with one attached hydrogen (secondary N) is 1. The third-order valence-electron chi connectivity index (χ3n) is 5.40. The standard InChI is InChI=1S/C20H30N2O2/c1-5-16-13-22(14(2)23)9-8-18(16)21-12-15-6-7-19-17(10-15)11-20(3,4)24-19/h6-7,10,16,18,21H,5,8-9,11-13H2,1-4H3/t16-,18+/m0/s1. The molecule has 3 rings (SSSR count). The van der Waals surface area contributed by atoms with E-state index in [0.717, 1.165) is 44.6 Å². The van der Waals surface area contributed by atoms with Crippen LogP contribution < -0.4 is 10.1 Å². The molecule has 4 nitrogen and oxygen atoms in total. The molecule has 4 heteroatoms. The van der Waals surface area contributed by atoms with E-state index in [0.29, 0.717) is 12.0 Å². The third kappa shape index (κ3) is 3.75. The first kappa shape index (κ1) is 17.3. The van der Waals surface area contributed by atoms with E-state index in [2.05, 4.69) is 44.3 Å². The van der Waals surface area contributed by atoms with Gasteiger partial charge in [-0.15, -0.1) is 0 Å². The molecule has 0 bridgehead atoms. The highest BCUT2D eigenvalue weighted by Gasteiger charge is 2.31. The van der Waals surface area contributed by atoms with Gasteiger partial charge in [0.1, 0.15) is 11.4 Å². The summed E-state index contributed by atoms with van der Waals surface area (Å²) < 4.78 is 5.95. The number of carbonyl (C=O) groups is 1. The van der Waals surface area contributed by atoms with Gasteiger partial charge in [-0.05, 0) is 43.4 Å². The zero-order valence-corrected chi connectivity index (χ0v) is 15.4. The van der Waals surface area contributed by atoms with Gasteiger partial charge in [0.25, 0.3) is 0 Å². The van der Waals surface area contributed by atoms with Crippen LogP contribution >= 0.6 is 0 Å². The summed E-state index contributed by atoms with van der Waals surface area (Å²) in [4.78, 5) is 13.6. The molecule has 24 heavy (non-hydrogen) atoms. The van der Waals surface area contributed by atoms with Crippen LogP contribution in [0.15, 0.2) is 18.2 Å². The van der Waals surface area contributed by atoms with E-state index < -0.39 is 0 Å². The van der Waals surface area contributed by atoms with Crippen molar-refractivity contribution in [1.82, 2.24) is 10.2 Å². The average Bonchev–Trinajstić information content (AvgIpc) is 2.85. The largest absolute Gasteiger partial charge is 0.487 e. The fourth-order valence-electron chi connectivity index (χ4n) is 4.02. The zero-order chi connectivity index (χ0) is 17.3. The number of piperidine rings is 1. The number of hydrogen-bond donors (Lipinski definition) is 1. The van der Waals surface area contributed by atoms with Crippen molar-refractivity contribution >= 4 is 5.91 Å². The van der Waals surface area contributed by atoms with Crippen LogP contribution in [0.25, 0.3) is 0 Å². The van der Waals surface area contributed by atoms with E-state index in [9.17, 15) is 4.79 Å². The molecule has 1 aromatic carbocycles. The molecule has 2 aliphatic heterocycles. The summed E-state index contributed by atoms with van der Waals surface area (Å²) in [6.45, 7) is 10.8. The second-order valence-corrected chi connectivity index (χ2v) is 7.89. The SMILES string of the molecule is CC[C@H]1CN(C(C)=O)CC[C@H]1NCc1ccc2c(c1)CC(C)(C)O2. The lowest BCUT2D eigenvalue weighted by atomic mass is 9.89. The lowest BCUT2D eigenvalue weighted by Crippen LogP contribution is -2.50. The molecule has 0 radical (unpaired) electrons. The van der Waals surface area contributed by atoms with Crippen LogP contribution in [0.5, 0.6) is 5.75 Å². The van der Waals surface area contributed by atoms with Crippen molar-refractivity contribution in [3.63, 3.8) is 0 Å². The quantitative estimate of drug-likeness (QED) is 0.922. The smallest absolute Gasteiger partial charge is 0.219 e. The molecule has 0 aromatic heterocycles. The molecule has 0 unspecified atom stereocenters. The minimum Gasteiger partial charge on any atom is -0.487 e. The molecule has 0 saturated carbocycles. The highest BCUT2D eigenvalue weighted by Crippen LogP contribution is 2.35. The van der Waals surface area contributed by atoms with E-state index >= 15 is 0 Å². The first-order valence-electron chi connectivity index (χ1n) is 9.17. The summed E-state index contributed by atoms with van der Waals surface area (Å²) in [5.41, 5.74) is 2.55. The van der Waals surface area contributed by atoms with Crippen molar-refractivity contribution in [2.24, 2.45) is 5.92 Å². The van der Waals surface area contributed by atoms with Crippen molar-refractivity contribution in [2.45, 2.75) is 65.1 Å². The van der Waals surface area contributed by atoms with Crippen molar-refractivity contribution in [1.29, 1.82) is 0 Å². The Morgan fingerprint density at radius 1 is 1.42 bits per heavy atom. The maximum Gasteiger partial charge on any atom is 0.219 e. The van der Waals surface area contributed by atoms with Gasteiger partial charge < -0.3 is 15.0 Å². The summed E-state index contributed by atoms with van der Waals surface area (Å²) in [5.74, 6) is 1.78. The molecule has 2 aliphatic rings. The number of rotatable bonds is 4. The second-order valence-electron chi connectivity index (χ2n) is 7.89. The fraction of sp³-hybridized carbons (Fsp3) is 0.650. The Morgan fingerprint density at radius 2 is 2.21 bits per heavy atom. The molecule has 1 saturated heterocycles. The van der Waals surface area contributed by atoms with Gasteiger partial charge in [-0.3, -0.25) is 4.79 Å². The van der Waals surface area contributed by atoms with Gasteiger partial charge in [-0.2, -0.15) is 0 Å². The Labute approximate surface area is 145 Å². The molecule has 1 fully saturated rings. The van der Waals surface area contributed by atoms with Crippen LogP contribution in [-0.4, -0.2) is 35.5 Å². The summed E-state index contributed by atoms with van der Waals surface area (Å²) >= 11 is 0. The summed E-state index contributed by atoms with van der Waals surface area (Å²) in [5, 5.41) is 3.73. The highest BCUT2D eigenvalue weighted by atomic mass is 16.5. The van der Waals surface area contributed by atoms with Crippen LogP contribution in [0.1, 0.15) is 51.7 Å². The van der Waals surface area contributed by atoms with Crippen LogP contribution in [-0.2, 0) is 17.8 Å². The van der Waals surface area contributed by atoms with Crippen molar-refractivity contribution < 1.29 is 9.53 Å². The molecular weight excluding hydrogens is 300 g/mol. The number of ether oxygens (including phenoxy) is 1. The van der Waals surface area contributed by atoms with E-state index in [-0.39, 0.29) is 11.5 Å². The summed E-state index contributed by atoms with van der Waals surface area (Å²) in [7, 11) is 0. The summed E-state index contributed by atoms with van der Waals surface area (Å²) in [6.07, 6.45) is 3.12. The zero-order valence-electron chi connectivity index (χ0n) is 15.4. The van der Waals surface area contributed by atoms with Gasteiger partial charge in [0.05, 0.1) is 0 Å². The van der Waals surface area contributed by atoms with Crippen molar-refractivity contribution in [3.05, 3.63) is 29.3 Å². The number of nitrogens with zero attached hydrogens (tertiary/aromatic N) is 1. The van der Waals surface area contributed by atoms with Crippen LogP contribution in [0, 0.1) is 5.92 Å². The molecule has 0 aliphatic carbocycles. The molecule has 2 atom stereocenters. The number of hydrogen-bond acceptors (Lipinski definition) is 3. The molecule has 1 amide bonds. The van der Waals surface area contributed by atoms with Gasteiger partial charge >= 0.3 is 0 Å². The first-order chi connectivity index (χ1) is 11.4. The topological polar surface area (TPSA) is 41.6 Å². The molecule has 1 aromatic rings. The van der Waals surface area contributed by atoms with Crippen LogP contribution in [0.4, 0.5) is 0 Å². The van der Waals surface area contributed by atoms with Crippen molar-refractivity contribution in [2.75, 3.05) is 13.1 Å². The Hall–Kier alpha value is -1.55. The third-order valence-corrected chi connectivity index (χ3v) is 5.40.